The van der Waals surface area contributed by atoms with Crippen molar-refractivity contribution in [3.05, 3.63) is 27.7 Å². The largest absolute Gasteiger partial charge is 0.373 e. The molecule has 5 nitrogen and oxygen atoms in total. The number of thiazole rings is 1. The quantitative estimate of drug-likeness (QED) is 0.467. The van der Waals surface area contributed by atoms with Crippen LogP contribution in [-0.4, -0.2) is 53.1 Å². The third-order valence-corrected chi connectivity index (χ3v) is 8.28. The van der Waals surface area contributed by atoms with Crippen molar-refractivity contribution in [1.82, 2.24) is 9.88 Å². The first-order chi connectivity index (χ1) is 11.6. The first kappa shape index (κ1) is 17.2. The van der Waals surface area contributed by atoms with Gasteiger partial charge in [-0.3, -0.25) is 4.90 Å². The summed E-state index contributed by atoms with van der Waals surface area (Å²) in [6, 6.07) is 0. The molecule has 9 heteroatoms. The highest BCUT2D eigenvalue weighted by molar-refractivity contribution is 9.12. The van der Waals surface area contributed by atoms with E-state index in [4.69, 9.17) is 9.72 Å². The molecule has 3 atom stereocenters. The molecule has 0 N–H and O–H groups in total. The van der Waals surface area contributed by atoms with Crippen LogP contribution in [0.1, 0.15) is 6.42 Å². The smallest absolute Gasteiger partial charge is 0.187 e. The van der Waals surface area contributed by atoms with Gasteiger partial charge in [0, 0.05) is 37.0 Å². The number of allylic oxidation sites excluding steroid dienone is 1. The zero-order valence-corrected chi connectivity index (χ0v) is 17.9. The molecule has 3 aliphatic rings. The van der Waals surface area contributed by atoms with Crippen LogP contribution in [-0.2, 0) is 4.74 Å². The molecule has 3 aliphatic heterocycles. The number of hydrogen-bond acceptors (Lipinski definition) is 7. The van der Waals surface area contributed by atoms with Gasteiger partial charge in [-0.2, -0.15) is 0 Å². The molecule has 1 aromatic heterocycles. The predicted octanol–water partition coefficient (Wildman–Crippen LogP) is 3.99. The summed E-state index contributed by atoms with van der Waals surface area (Å²) < 4.78 is 7.04. The summed E-state index contributed by atoms with van der Waals surface area (Å²) in [7, 11) is 2.03. The lowest BCUT2D eigenvalue weighted by Gasteiger charge is -2.35. The monoisotopic (exact) mass is 492 g/mol. The van der Waals surface area contributed by atoms with Crippen LogP contribution < -0.4 is 9.80 Å². The molecule has 0 amide bonds. The van der Waals surface area contributed by atoms with Crippen molar-refractivity contribution in [2.75, 3.05) is 36.5 Å². The molecule has 1 saturated heterocycles. The molecular formula is C15H18Br2N4OS2. The number of nitrogens with zero attached hydrogens (tertiary/aromatic N) is 4. The zero-order valence-electron chi connectivity index (χ0n) is 13.1. The summed E-state index contributed by atoms with van der Waals surface area (Å²) in [4.78, 5) is 11.5. The minimum Gasteiger partial charge on any atom is -0.373 e. The average Bonchev–Trinajstić information content (AvgIpc) is 3.33. The summed E-state index contributed by atoms with van der Waals surface area (Å²) in [5.74, 6) is 0.970. The molecule has 1 aromatic rings. The first-order valence-corrected chi connectivity index (χ1v) is 11.3. The number of halogens is 2. The molecule has 0 saturated carbocycles. The molecular weight excluding hydrogens is 476 g/mol. The summed E-state index contributed by atoms with van der Waals surface area (Å²) in [5.41, 5.74) is 0. The van der Waals surface area contributed by atoms with Gasteiger partial charge in [0.1, 0.15) is 5.82 Å². The Hall–Kier alpha value is -0.220. The van der Waals surface area contributed by atoms with Crippen molar-refractivity contribution in [2.45, 2.75) is 22.8 Å². The van der Waals surface area contributed by atoms with Crippen LogP contribution in [0.3, 0.4) is 0 Å². The Morgan fingerprint density at radius 3 is 3.00 bits per heavy atom. The van der Waals surface area contributed by atoms with Gasteiger partial charge in [0.15, 0.2) is 10.2 Å². The van der Waals surface area contributed by atoms with E-state index >= 15 is 0 Å². The van der Waals surface area contributed by atoms with Gasteiger partial charge in [0.25, 0.3) is 0 Å². The molecule has 0 radical (unpaired) electrons. The predicted molar refractivity (Wildman–Crippen MR) is 109 cm³/mol. The Morgan fingerprint density at radius 1 is 1.42 bits per heavy atom. The summed E-state index contributed by atoms with van der Waals surface area (Å²) in [6.45, 7) is 2.60. The van der Waals surface area contributed by atoms with Crippen LogP contribution in [0.5, 0.6) is 0 Å². The molecule has 3 unspecified atom stereocenters. The Balaban J connectivity index is 1.46. The minimum absolute atomic E-state index is 0.0835. The zero-order chi connectivity index (χ0) is 16.7. The van der Waals surface area contributed by atoms with E-state index in [-0.39, 0.29) is 11.2 Å². The van der Waals surface area contributed by atoms with E-state index in [0.717, 1.165) is 41.7 Å². The topological polar surface area (TPSA) is 31.8 Å². The number of alkyl halides is 1. The lowest BCUT2D eigenvalue weighted by molar-refractivity contribution is 0.0402. The summed E-state index contributed by atoms with van der Waals surface area (Å²) in [5, 5.41) is 6.02. The van der Waals surface area contributed by atoms with Crippen LogP contribution in [0.15, 0.2) is 27.7 Å². The third-order valence-electron chi connectivity index (χ3n) is 4.37. The van der Waals surface area contributed by atoms with Gasteiger partial charge in [-0.25, -0.2) is 4.98 Å². The van der Waals surface area contributed by atoms with E-state index in [1.165, 1.54) is 0 Å². The molecule has 0 aliphatic carbocycles. The summed E-state index contributed by atoms with van der Waals surface area (Å²) >= 11 is 10.9. The van der Waals surface area contributed by atoms with Crippen LogP contribution in [0.25, 0.3) is 0 Å². The van der Waals surface area contributed by atoms with Crippen molar-refractivity contribution in [1.29, 1.82) is 0 Å². The fourth-order valence-corrected chi connectivity index (χ4v) is 6.04. The number of morpholine rings is 1. The van der Waals surface area contributed by atoms with E-state index in [0.29, 0.717) is 5.25 Å². The number of ether oxygens (including phenoxy) is 1. The van der Waals surface area contributed by atoms with Gasteiger partial charge in [0.2, 0.25) is 0 Å². The molecule has 0 aromatic carbocycles. The second-order valence-electron chi connectivity index (χ2n) is 5.91. The van der Waals surface area contributed by atoms with Gasteiger partial charge in [-0.1, -0.05) is 6.08 Å². The Labute approximate surface area is 167 Å². The number of rotatable bonds is 3. The lowest BCUT2D eigenvalue weighted by atomic mass is 10.1. The van der Waals surface area contributed by atoms with Gasteiger partial charge >= 0.3 is 0 Å². The van der Waals surface area contributed by atoms with Gasteiger partial charge < -0.3 is 14.5 Å². The highest BCUT2D eigenvalue weighted by Crippen LogP contribution is 2.36. The first-order valence-electron chi connectivity index (χ1n) is 7.78. The van der Waals surface area contributed by atoms with E-state index in [1.807, 2.05) is 18.8 Å². The Morgan fingerprint density at radius 2 is 2.29 bits per heavy atom. The van der Waals surface area contributed by atoms with Crippen molar-refractivity contribution >= 4 is 65.9 Å². The molecule has 4 rings (SSSR count). The second-order valence-corrected chi connectivity index (χ2v) is 9.52. The standard InChI is InChI=1S/C15H18Br2N4OS2/c1-19-12(16)8-21(14(19)17)13-9-24-15(18-13)20-4-5-22-10(7-20)11-3-2-6-23-11/h2,6,8-11,14H,3-5,7H2,1H3. The average molecular weight is 494 g/mol. The molecule has 1 fully saturated rings. The van der Waals surface area contributed by atoms with E-state index < -0.39 is 0 Å². The van der Waals surface area contributed by atoms with E-state index in [2.05, 4.69) is 69.6 Å². The fourth-order valence-electron chi connectivity index (χ4n) is 2.97. The number of thioether (sulfide) groups is 1. The van der Waals surface area contributed by atoms with Gasteiger partial charge in [0.05, 0.1) is 17.3 Å². The molecule has 4 heterocycles. The molecule has 24 heavy (non-hydrogen) atoms. The van der Waals surface area contributed by atoms with Crippen LogP contribution in [0.4, 0.5) is 10.9 Å². The summed E-state index contributed by atoms with van der Waals surface area (Å²) in [6.07, 6.45) is 5.68. The third kappa shape index (κ3) is 3.25. The van der Waals surface area contributed by atoms with Gasteiger partial charge in [-0.15, -0.1) is 23.1 Å². The highest BCUT2D eigenvalue weighted by atomic mass is 79.9. The normalized spacial score (nSPS) is 30.4. The molecule has 0 spiro atoms. The Bertz CT molecular complexity index is 660. The van der Waals surface area contributed by atoms with Crippen LogP contribution in [0.2, 0.25) is 0 Å². The van der Waals surface area contributed by atoms with Crippen LogP contribution in [0, 0.1) is 0 Å². The maximum absolute atomic E-state index is 6.00. The van der Waals surface area contributed by atoms with Crippen molar-refractivity contribution in [3.8, 4) is 0 Å². The SMILES string of the molecule is CN1C(Br)=CN(c2csc(N3CCOC(C4CC=CS4)C3)n2)C1Br. The number of hydrogen-bond donors (Lipinski definition) is 0. The highest BCUT2D eigenvalue weighted by Gasteiger charge is 2.32. The lowest BCUT2D eigenvalue weighted by Crippen LogP contribution is -2.46. The van der Waals surface area contributed by atoms with Gasteiger partial charge in [-0.05, 0) is 43.7 Å². The maximum Gasteiger partial charge on any atom is 0.187 e. The van der Waals surface area contributed by atoms with Crippen molar-refractivity contribution in [2.24, 2.45) is 0 Å². The van der Waals surface area contributed by atoms with E-state index in [9.17, 15) is 0 Å². The Kier molecular flexibility index (Phi) is 5.15. The minimum atomic E-state index is 0.0835. The maximum atomic E-state index is 6.00. The van der Waals surface area contributed by atoms with E-state index in [1.54, 1.807) is 11.3 Å². The number of aromatic nitrogens is 1. The number of anilines is 2. The second kappa shape index (κ2) is 7.19. The van der Waals surface area contributed by atoms with Crippen LogP contribution >= 0.6 is 55.0 Å². The molecule has 0 bridgehead atoms. The molecule has 130 valence electrons. The van der Waals surface area contributed by atoms with Crippen molar-refractivity contribution < 1.29 is 4.74 Å². The fraction of sp³-hybridized carbons (Fsp3) is 0.533. The van der Waals surface area contributed by atoms with Crippen molar-refractivity contribution in [3.63, 3.8) is 0 Å².